The fourth-order valence-corrected chi connectivity index (χ4v) is 3.84. The van der Waals surface area contributed by atoms with Gasteiger partial charge in [-0.2, -0.15) is 0 Å². The largest absolute Gasteiger partial charge is 0.349 e. The maximum Gasteiger partial charge on any atom is 0.140 e. The Morgan fingerprint density at radius 2 is 1.81 bits per heavy atom. The molecule has 3 heteroatoms. The first-order valence-electron chi connectivity index (χ1n) is 8.05. The lowest BCUT2D eigenvalue weighted by Gasteiger charge is -2.31. The Hall–Kier alpha value is -1.35. The van der Waals surface area contributed by atoms with Crippen LogP contribution in [0.15, 0.2) is 35.7 Å². The topological polar surface area (TPSA) is 16.1 Å². The van der Waals surface area contributed by atoms with Gasteiger partial charge in [-0.3, -0.25) is 0 Å². The lowest BCUT2D eigenvalue weighted by atomic mass is 10.1. The predicted octanol–water partition coefficient (Wildman–Crippen LogP) is 5.18. The summed E-state index contributed by atoms with van der Waals surface area (Å²) < 4.78 is 0. The minimum atomic E-state index is 0.647. The third kappa shape index (κ3) is 3.85. The average Bonchev–Trinajstić information content (AvgIpc) is 2.77. The predicted molar refractivity (Wildman–Crippen MR) is 91.0 cm³/mol. The minimum absolute atomic E-state index is 0.647. The van der Waals surface area contributed by atoms with Crippen molar-refractivity contribution < 1.29 is 0 Å². The fraction of sp³-hybridized carbons (Fsp3) is 0.500. The molecule has 0 bridgehead atoms. The molecule has 1 aromatic carbocycles. The Morgan fingerprint density at radius 3 is 2.43 bits per heavy atom. The lowest BCUT2D eigenvalue weighted by Crippen LogP contribution is -2.34. The molecule has 1 aromatic heterocycles. The van der Waals surface area contributed by atoms with E-state index in [0.29, 0.717) is 6.04 Å². The Morgan fingerprint density at radius 1 is 1.10 bits per heavy atom. The Kier molecular flexibility index (Phi) is 4.91. The highest BCUT2D eigenvalue weighted by Crippen LogP contribution is 2.29. The number of nitrogens with zero attached hydrogens (tertiary/aromatic N) is 2. The number of hydrogen-bond acceptors (Lipinski definition) is 3. The molecule has 2 aromatic rings. The Balaban J connectivity index is 1.83. The van der Waals surface area contributed by atoms with E-state index < -0.39 is 0 Å². The van der Waals surface area contributed by atoms with Gasteiger partial charge in [-0.25, -0.2) is 4.98 Å². The maximum absolute atomic E-state index is 4.76. The van der Waals surface area contributed by atoms with Crippen LogP contribution in [0, 0.1) is 6.92 Å². The van der Waals surface area contributed by atoms with Gasteiger partial charge in [0.1, 0.15) is 5.82 Å². The fourth-order valence-electron chi connectivity index (χ4n) is 3.23. The van der Waals surface area contributed by atoms with E-state index >= 15 is 0 Å². The van der Waals surface area contributed by atoms with Crippen LogP contribution in [0.25, 0.3) is 0 Å². The molecule has 0 atom stereocenters. The van der Waals surface area contributed by atoms with Crippen molar-refractivity contribution in [3.05, 3.63) is 46.3 Å². The molecule has 0 spiro atoms. The zero-order valence-electron chi connectivity index (χ0n) is 12.8. The van der Waals surface area contributed by atoms with Gasteiger partial charge >= 0.3 is 0 Å². The number of benzene rings is 1. The second-order valence-corrected chi connectivity index (χ2v) is 7.05. The molecule has 3 rings (SSSR count). The summed E-state index contributed by atoms with van der Waals surface area (Å²) in [5.74, 6) is 1.17. The summed E-state index contributed by atoms with van der Waals surface area (Å²) in [5, 5.41) is 3.39. The highest BCUT2D eigenvalue weighted by atomic mass is 32.1. The van der Waals surface area contributed by atoms with E-state index in [9.17, 15) is 0 Å². The summed E-state index contributed by atoms with van der Waals surface area (Å²) in [6.45, 7) is 3.08. The number of anilines is 1. The number of rotatable bonds is 4. The van der Waals surface area contributed by atoms with E-state index in [1.54, 1.807) is 11.3 Å². The highest BCUT2D eigenvalue weighted by molar-refractivity contribution is 7.09. The molecule has 21 heavy (non-hydrogen) atoms. The number of thiazole rings is 1. The van der Waals surface area contributed by atoms with Crippen LogP contribution in [0.2, 0.25) is 0 Å². The zero-order valence-corrected chi connectivity index (χ0v) is 13.6. The van der Waals surface area contributed by atoms with Crippen molar-refractivity contribution in [1.29, 1.82) is 0 Å². The van der Waals surface area contributed by atoms with Crippen LogP contribution >= 0.6 is 11.3 Å². The molecule has 0 saturated heterocycles. The summed E-state index contributed by atoms with van der Waals surface area (Å²) in [4.78, 5) is 7.30. The normalized spacial score (nSPS) is 16.6. The molecule has 0 unspecified atom stereocenters. The molecule has 2 nitrogen and oxygen atoms in total. The van der Waals surface area contributed by atoms with Crippen LogP contribution in [0.5, 0.6) is 0 Å². The van der Waals surface area contributed by atoms with E-state index in [4.69, 9.17) is 4.98 Å². The zero-order chi connectivity index (χ0) is 14.5. The standard InChI is InChI=1S/C18H24N2S/c1-15-19-18(14-21-15)20(13-16-9-5-4-6-10-16)17-11-7-2-3-8-12-17/h4-6,9-10,14,17H,2-3,7-8,11-13H2,1H3. The van der Waals surface area contributed by atoms with Crippen molar-refractivity contribution in [1.82, 2.24) is 4.98 Å². The molecule has 0 amide bonds. The molecule has 1 aliphatic carbocycles. The minimum Gasteiger partial charge on any atom is -0.349 e. The van der Waals surface area contributed by atoms with Crippen LogP contribution in [0.3, 0.4) is 0 Å². The highest BCUT2D eigenvalue weighted by Gasteiger charge is 2.22. The van der Waals surface area contributed by atoms with Gasteiger partial charge < -0.3 is 4.90 Å². The molecule has 1 saturated carbocycles. The monoisotopic (exact) mass is 300 g/mol. The number of aryl methyl sites for hydroxylation is 1. The van der Waals surface area contributed by atoms with Crippen molar-refractivity contribution in [3.8, 4) is 0 Å². The van der Waals surface area contributed by atoms with Gasteiger partial charge in [0.25, 0.3) is 0 Å². The first-order chi connectivity index (χ1) is 10.3. The molecule has 0 radical (unpaired) electrons. The van der Waals surface area contributed by atoms with Crippen molar-refractivity contribution >= 4 is 17.2 Å². The van der Waals surface area contributed by atoms with Gasteiger partial charge in [0.2, 0.25) is 0 Å². The molecular formula is C18H24N2S. The Bertz CT molecular complexity index is 541. The van der Waals surface area contributed by atoms with E-state index in [0.717, 1.165) is 11.6 Å². The lowest BCUT2D eigenvalue weighted by molar-refractivity contribution is 0.519. The molecule has 112 valence electrons. The van der Waals surface area contributed by atoms with Gasteiger partial charge in [-0.05, 0) is 25.3 Å². The van der Waals surface area contributed by atoms with Crippen LogP contribution in [-0.2, 0) is 6.54 Å². The van der Waals surface area contributed by atoms with Crippen LogP contribution < -0.4 is 4.90 Å². The van der Waals surface area contributed by atoms with Gasteiger partial charge in [-0.1, -0.05) is 56.0 Å². The molecule has 0 N–H and O–H groups in total. The van der Waals surface area contributed by atoms with Crippen LogP contribution in [0.4, 0.5) is 5.82 Å². The first-order valence-corrected chi connectivity index (χ1v) is 8.93. The molecule has 1 aliphatic rings. The van der Waals surface area contributed by atoms with Crippen molar-refractivity contribution in [2.75, 3.05) is 4.90 Å². The van der Waals surface area contributed by atoms with Crippen LogP contribution in [0.1, 0.15) is 49.1 Å². The van der Waals surface area contributed by atoms with Crippen molar-refractivity contribution in [2.24, 2.45) is 0 Å². The molecular weight excluding hydrogens is 276 g/mol. The Labute approximate surface area is 131 Å². The second kappa shape index (κ2) is 7.08. The molecule has 1 heterocycles. The third-order valence-corrected chi connectivity index (χ3v) is 5.12. The average molecular weight is 300 g/mol. The van der Waals surface area contributed by atoms with Gasteiger partial charge in [0.15, 0.2) is 0 Å². The van der Waals surface area contributed by atoms with Gasteiger partial charge in [0, 0.05) is 18.0 Å². The SMILES string of the molecule is Cc1nc(N(Cc2ccccc2)C2CCCCCC2)cs1. The summed E-state index contributed by atoms with van der Waals surface area (Å²) in [6, 6.07) is 11.5. The summed E-state index contributed by atoms with van der Waals surface area (Å²) in [5.41, 5.74) is 1.38. The van der Waals surface area contributed by atoms with Crippen LogP contribution in [-0.4, -0.2) is 11.0 Å². The molecule has 0 aliphatic heterocycles. The quantitative estimate of drug-likeness (QED) is 0.723. The van der Waals surface area contributed by atoms with E-state index in [1.807, 2.05) is 0 Å². The summed E-state index contributed by atoms with van der Waals surface area (Å²) in [7, 11) is 0. The van der Waals surface area contributed by atoms with Gasteiger partial charge in [0.05, 0.1) is 5.01 Å². The summed E-state index contributed by atoms with van der Waals surface area (Å²) >= 11 is 1.76. The smallest absolute Gasteiger partial charge is 0.140 e. The first kappa shape index (κ1) is 14.6. The number of aromatic nitrogens is 1. The number of hydrogen-bond donors (Lipinski definition) is 0. The van der Waals surface area contributed by atoms with Crippen molar-refractivity contribution in [3.63, 3.8) is 0 Å². The maximum atomic E-state index is 4.76. The third-order valence-electron chi connectivity index (χ3n) is 4.36. The van der Waals surface area contributed by atoms with E-state index in [-0.39, 0.29) is 0 Å². The van der Waals surface area contributed by atoms with E-state index in [2.05, 4.69) is 47.5 Å². The van der Waals surface area contributed by atoms with Gasteiger partial charge in [-0.15, -0.1) is 11.3 Å². The van der Waals surface area contributed by atoms with Crippen molar-refractivity contribution in [2.45, 2.75) is 58.0 Å². The summed E-state index contributed by atoms with van der Waals surface area (Å²) in [6.07, 6.45) is 8.13. The molecule has 1 fully saturated rings. The van der Waals surface area contributed by atoms with E-state index in [1.165, 1.54) is 49.9 Å². The second-order valence-electron chi connectivity index (χ2n) is 5.98.